The lowest BCUT2D eigenvalue weighted by Crippen LogP contribution is -2.40. The first kappa shape index (κ1) is 21.6. The van der Waals surface area contributed by atoms with Gasteiger partial charge in [0.25, 0.3) is 5.92 Å². The molecule has 0 unspecified atom stereocenters. The Morgan fingerprint density at radius 2 is 2.00 bits per heavy atom. The Balaban J connectivity index is 1.56. The smallest absolute Gasteiger partial charge is 0.312 e. The molecule has 1 saturated carbocycles. The number of rotatable bonds is 7. The summed E-state index contributed by atoms with van der Waals surface area (Å²) in [7, 11) is 0. The van der Waals surface area contributed by atoms with Crippen molar-refractivity contribution in [2.45, 2.75) is 63.7 Å². The number of halogens is 3. The number of fused-ring (bicyclic) bond motifs is 1. The van der Waals surface area contributed by atoms with E-state index >= 15 is 0 Å². The molecular weight excluding hydrogens is 407 g/mol. The number of amides is 2. The fraction of sp³-hybridized carbons (Fsp3) is 0.579. The van der Waals surface area contributed by atoms with Crippen molar-refractivity contribution in [3.63, 3.8) is 0 Å². The first-order valence-corrected chi connectivity index (χ1v) is 10.3. The van der Waals surface area contributed by atoms with Crippen LogP contribution in [0.25, 0.3) is 10.2 Å². The number of aromatic nitrogens is 1. The fourth-order valence-corrected chi connectivity index (χ4v) is 4.21. The minimum absolute atomic E-state index is 0.0372. The molecule has 3 rings (SSSR count). The summed E-state index contributed by atoms with van der Waals surface area (Å²) in [6.45, 7) is 2.91. The van der Waals surface area contributed by atoms with Crippen LogP contribution < -0.4 is 15.8 Å². The molecule has 0 saturated heterocycles. The number of nitrogens with zero attached hydrogens (tertiary/aromatic N) is 1. The lowest BCUT2D eigenvalue weighted by Gasteiger charge is -2.29. The third-order valence-electron chi connectivity index (χ3n) is 4.72. The summed E-state index contributed by atoms with van der Waals surface area (Å²) < 4.78 is 53.3. The zero-order valence-corrected chi connectivity index (χ0v) is 17.0. The van der Waals surface area contributed by atoms with E-state index in [1.165, 1.54) is 12.1 Å². The summed E-state index contributed by atoms with van der Waals surface area (Å²) in [6, 6.07) is 2.17. The van der Waals surface area contributed by atoms with Gasteiger partial charge in [-0.1, -0.05) is 0 Å². The number of primary amides is 1. The van der Waals surface area contributed by atoms with Crippen LogP contribution in [-0.2, 0) is 10.7 Å². The summed E-state index contributed by atoms with van der Waals surface area (Å²) in [5.74, 6) is -3.71. The lowest BCUT2D eigenvalue weighted by atomic mass is 9.95. The predicted octanol–water partition coefficient (Wildman–Crippen LogP) is 4.31. The predicted molar refractivity (Wildman–Crippen MR) is 104 cm³/mol. The van der Waals surface area contributed by atoms with E-state index < -0.39 is 22.8 Å². The van der Waals surface area contributed by atoms with E-state index in [-0.39, 0.29) is 34.2 Å². The number of urea groups is 1. The molecule has 1 aliphatic rings. The van der Waals surface area contributed by atoms with Crippen LogP contribution in [-0.4, -0.2) is 35.9 Å². The second kappa shape index (κ2) is 8.74. The van der Waals surface area contributed by atoms with Crippen molar-refractivity contribution >= 4 is 27.6 Å². The number of ether oxygens (including phenoxy) is 2. The van der Waals surface area contributed by atoms with Crippen LogP contribution in [0.15, 0.2) is 12.1 Å². The highest BCUT2D eigenvalue weighted by Crippen LogP contribution is 2.38. The van der Waals surface area contributed by atoms with Gasteiger partial charge in [-0.2, -0.15) is 8.78 Å². The number of nitrogens with one attached hydrogen (secondary N) is 1. The van der Waals surface area contributed by atoms with Gasteiger partial charge in [0.05, 0.1) is 35.1 Å². The Labute approximate surface area is 170 Å². The minimum Gasteiger partial charge on any atom is -0.487 e. The fourth-order valence-electron chi connectivity index (χ4n) is 3.28. The standard InChI is InChI=1S/C19H24F3N3O3S/c1-10(24-18(23)26)9-27-11-3-5-12(6-4-11)28-14-8-7-13-16(15(14)20)29-17(25-13)19(2,21)22/h7-8,10-12H,3-6,9H2,1-2H3,(H3,23,24,26)/t10-,11?,12?/m0/s1. The number of hydrogen-bond donors (Lipinski definition) is 2. The molecule has 1 aromatic heterocycles. The van der Waals surface area contributed by atoms with Crippen molar-refractivity contribution in [3.05, 3.63) is 23.0 Å². The van der Waals surface area contributed by atoms with E-state index in [9.17, 15) is 18.0 Å². The first-order valence-electron chi connectivity index (χ1n) is 9.45. The second-order valence-electron chi connectivity index (χ2n) is 7.39. The Kier molecular flexibility index (Phi) is 6.52. The number of hydrogen-bond acceptors (Lipinski definition) is 5. The summed E-state index contributed by atoms with van der Waals surface area (Å²) in [4.78, 5) is 14.6. The molecule has 1 aromatic carbocycles. The van der Waals surface area contributed by atoms with E-state index in [0.29, 0.717) is 30.8 Å². The zero-order valence-electron chi connectivity index (χ0n) is 16.2. The molecule has 0 aliphatic heterocycles. The van der Waals surface area contributed by atoms with E-state index in [1.807, 2.05) is 0 Å². The summed E-state index contributed by atoms with van der Waals surface area (Å²) in [5, 5.41) is 2.14. The van der Waals surface area contributed by atoms with Gasteiger partial charge in [0.2, 0.25) is 0 Å². The average molecular weight is 431 g/mol. The van der Waals surface area contributed by atoms with Crippen LogP contribution in [0.1, 0.15) is 44.5 Å². The van der Waals surface area contributed by atoms with Gasteiger partial charge in [-0.15, -0.1) is 11.3 Å². The molecule has 10 heteroatoms. The highest BCUT2D eigenvalue weighted by Gasteiger charge is 2.30. The summed E-state index contributed by atoms with van der Waals surface area (Å²) >= 11 is 0.646. The SMILES string of the molecule is C[C@@H](COC1CCC(Oc2ccc3nc(C(C)(F)F)sc3c2F)CC1)NC(N)=O. The molecule has 29 heavy (non-hydrogen) atoms. The number of alkyl halides is 2. The van der Waals surface area contributed by atoms with Crippen molar-refractivity contribution in [1.82, 2.24) is 10.3 Å². The molecule has 1 aliphatic carbocycles. The first-order chi connectivity index (χ1) is 13.6. The maximum Gasteiger partial charge on any atom is 0.312 e. The normalized spacial score (nSPS) is 21.1. The topological polar surface area (TPSA) is 86.5 Å². The molecule has 2 amide bonds. The van der Waals surface area contributed by atoms with Gasteiger partial charge >= 0.3 is 6.03 Å². The van der Waals surface area contributed by atoms with Crippen molar-refractivity contribution in [2.24, 2.45) is 5.73 Å². The number of thiazole rings is 1. The van der Waals surface area contributed by atoms with E-state index in [1.54, 1.807) is 6.92 Å². The van der Waals surface area contributed by atoms with Crippen LogP contribution >= 0.6 is 11.3 Å². The van der Waals surface area contributed by atoms with Crippen LogP contribution in [0.3, 0.4) is 0 Å². The maximum atomic E-state index is 14.7. The van der Waals surface area contributed by atoms with Gasteiger partial charge in [-0.05, 0) is 44.7 Å². The molecule has 2 aromatic rings. The molecule has 0 radical (unpaired) electrons. The van der Waals surface area contributed by atoms with Crippen molar-refractivity contribution in [1.29, 1.82) is 0 Å². The molecular formula is C19H24F3N3O3S. The van der Waals surface area contributed by atoms with E-state index in [4.69, 9.17) is 15.2 Å². The van der Waals surface area contributed by atoms with Gasteiger partial charge in [0.1, 0.15) is 0 Å². The van der Waals surface area contributed by atoms with Crippen LogP contribution in [0, 0.1) is 5.82 Å². The number of nitrogens with two attached hydrogens (primary N) is 1. The average Bonchev–Trinajstić information content (AvgIpc) is 3.08. The van der Waals surface area contributed by atoms with Gasteiger partial charge in [-0.25, -0.2) is 14.2 Å². The van der Waals surface area contributed by atoms with E-state index in [2.05, 4.69) is 10.3 Å². The lowest BCUT2D eigenvalue weighted by molar-refractivity contribution is -0.00409. The summed E-state index contributed by atoms with van der Waals surface area (Å²) in [6.07, 6.45) is 2.70. The van der Waals surface area contributed by atoms with Gasteiger partial charge in [0, 0.05) is 6.92 Å². The van der Waals surface area contributed by atoms with Gasteiger partial charge in [0.15, 0.2) is 16.6 Å². The monoisotopic (exact) mass is 431 g/mol. The third kappa shape index (κ3) is 5.51. The van der Waals surface area contributed by atoms with Crippen LogP contribution in [0.5, 0.6) is 5.75 Å². The van der Waals surface area contributed by atoms with Crippen LogP contribution in [0.4, 0.5) is 18.0 Å². The Hall–Kier alpha value is -2.07. The Morgan fingerprint density at radius 3 is 2.62 bits per heavy atom. The number of carbonyl (C=O) groups is 1. The Bertz CT molecular complexity index is 863. The van der Waals surface area contributed by atoms with Crippen molar-refractivity contribution < 1.29 is 27.4 Å². The number of carbonyl (C=O) groups excluding carboxylic acids is 1. The molecule has 0 spiro atoms. The third-order valence-corrected chi connectivity index (χ3v) is 5.96. The van der Waals surface area contributed by atoms with Crippen molar-refractivity contribution in [3.8, 4) is 5.75 Å². The molecule has 3 N–H and O–H groups in total. The highest BCUT2D eigenvalue weighted by molar-refractivity contribution is 7.18. The van der Waals surface area contributed by atoms with Gasteiger partial charge < -0.3 is 20.5 Å². The van der Waals surface area contributed by atoms with E-state index in [0.717, 1.165) is 19.8 Å². The maximum absolute atomic E-state index is 14.7. The molecule has 1 atom stereocenters. The highest BCUT2D eigenvalue weighted by atomic mass is 32.1. The molecule has 0 bridgehead atoms. The molecule has 1 fully saturated rings. The molecule has 160 valence electrons. The largest absolute Gasteiger partial charge is 0.487 e. The quantitative estimate of drug-likeness (QED) is 0.684. The second-order valence-corrected chi connectivity index (χ2v) is 8.39. The zero-order chi connectivity index (χ0) is 21.2. The Morgan fingerprint density at radius 1 is 1.34 bits per heavy atom. The van der Waals surface area contributed by atoms with Crippen LogP contribution in [0.2, 0.25) is 0 Å². The van der Waals surface area contributed by atoms with Crippen molar-refractivity contribution in [2.75, 3.05) is 6.61 Å². The molecule has 1 heterocycles. The van der Waals surface area contributed by atoms with Gasteiger partial charge in [-0.3, -0.25) is 0 Å². The molecule has 6 nitrogen and oxygen atoms in total. The summed E-state index contributed by atoms with van der Waals surface area (Å²) in [5.41, 5.74) is 5.27. The number of benzene rings is 1. The minimum atomic E-state index is -3.11.